The standard InChI is InChI=1S/C22H31NO3S/c1-4-7-8-9-10-11-20-19-13-12-18(24)16-21(19)27(25,26)17-22(23-20,14-5-2)15-6-3/h4,7-13,16,20,23-24H,5-6,14-15,17H2,1-3H3/b7-4-,9-8-,11-10+. The van der Waals surface area contributed by atoms with Gasteiger partial charge in [0, 0.05) is 5.54 Å². The van der Waals surface area contributed by atoms with Gasteiger partial charge >= 0.3 is 0 Å². The number of benzene rings is 1. The van der Waals surface area contributed by atoms with Crippen LogP contribution in [0.1, 0.15) is 58.1 Å². The number of aromatic hydroxyl groups is 1. The molecule has 5 heteroatoms. The molecule has 0 saturated carbocycles. The monoisotopic (exact) mass is 389 g/mol. The molecular formula is C22H31NO3S. The molecule has 1 unspecified atom stereocenters. The van der Waals surface area contributed by atoms with Crippen LogP contribution in [-0.2, 0) is 9.84 Å². The van der Waals surface area contributed by atoms with Gasteiger partial charge in [-0.15, -0.1) is 0 Å². The summed E-state index contributed by atoms with van der Waals surface area (Å²) in [5.41, 5.74) is 0.219. The van der Waals surface area contributed by atoms with E-state index in [0.29, 0.717) is 5.56 Å². The van der Waals surface area contributed by atoms with E-state index >= 15 is 0 Å². The van der Waals surface area contributed by atoms with Crippen LogP contribution in [0.4, 0.5) is 0 Å². The predicted octanol–water partition coefficient (Wildman–Crippen LogP) is 4.84. The summed E-state index contributed by atoms with van der Waals surface area (Å²) in [4.78, 5) is 0.233. The van der Waals surface area contributed by atoms with E-state index in [1.165, 1.54) is 6.07 Å². The van der Waals surface area contributed by atoms with Crippen molar-refractivity contribution < 1.29 is 13.5 Å². The first kappa shape index (κ1) is 21.5. The van der Waals surface area contributed by atoms with Crippen molar-refractivity contribution in [2.45, 2.75) is 62.9 Å². The lowest BCUT2D eigenvalue weighted by Crippen LogP contribution is -2.49. The molecule has 1 aromatic rings. The van der Waals surface area contributed by atoms with Crippen LogP contribution in [0.15, 0.2) is 59.6 Å². The molecule has 0 radical (unpaired) electrons. The van der Waals surface area contributed by atoms with E-state index in [0.717, 1.165) is 25.7 Å². The van der Waals surface area contributed by atoms with Gasteiger partial charge in [-0.3, -0.25) is 0 Å². The fourth-order valence-corrected chi connectivity index (χ4v) is 5.99. The number of phenolic OH excluding ortho intramolecular Hbond substituents is 1. The van der Waals surface area contributed by atoms with Crippen LogP contribution in [0.5, 0.6) is 5.75 Å². The van der Waals surface area contributed by atoms with Gasteiger partial charge in [0.25, 0.3) is 0 Å². The number of allylic oxidation sites excluding steroid dienone is 5. The molecule has 0 amide bonds. The molecule has 1 aliphatic heterocycles. The number of hydrogen-bond acceptors (Lipinski definition) is 4. The fraction of sp³-hybridized carbons (Fsp3) is 0.455. The SMILES string of the molecule is C\C=C/C=C\C=C\C1NC(CCC)(CCC)CS(=O)(=O)c2cc(O)ccc21. The summed E-state index contributed by atoms with van der Waals surface area (Å²) in [6, 6.07) is 4.43. The molecule has 2 N–H and O–H groups in total. The van der Waals surface area contributed by atoms with E-state index in [4.69, 9.17) is 0 Å². The topological polar surface area (TPSA) is 66.4 Å². The maximum absolute atomic E-state index is 13.2. The summed E-state index contributed by atoms with van der Waals surface area (Å²) >= 11 is 0. The molecule has 0 spiro atoms. The molecule has 0 fully saturated rings. The molecule has 1 aromatic carbocycles. The van der Waals surface area contributed by atoms with Gasteiger partial charge in [-0.05, 0) is 37.5 Å². The van der Waals surface area contributed by atoms with Gasteiger partial charge < -0.3 is 10.4 Å². The minimum atomic E-state index is -3.51. The van der Waals surface area contributed by atoms with Gasteiger partial charge in [0.1, 0.15) is 5.75 Å². The minimum absolute atomic E-state index is 0.0217. The van der Waals surface area contributed by atoms with Crippen molar-refractivity contribution in [3.8, 4) is 5.75 Å². The molecular weight excluding hydrogens is 358 g/mol. The zero-order valence-electron chi connectivity index (χ0n) is 16.5. The Morgan fingerprint density at radius 3 is 2.44 bits per heavy atom. The summed E-state index contributed by atoms with van der Waals surface area (Å²) in [7, 11) is -3.51. The van der Waals surface area contributed by atoms with Gasteiger partial charge in [-0.1, -0.05) is 69.2 Å². The Balaban J connectivity index is 2.56. The van der Waals surface area contributed by atoms with Crippen LogP contribution >= 0.6 is 0 Å². The van der Waals surface area contributed by atoms with Crippen molar-refractivity contribution in [2.24, 2.45) is 0 Å². The third kappa shape index (κ3) is 5.33. The van der Waals surface area contributed by atoms with Gasteiger partial charge in [-0.25, -0.2) is 8.42 Å². The van der Waals surface area contributed by atoms with Crippen molar-refractivity contribution in [2.75, 3.05) is 5.75 Å². The number of hydrogen-bond donors (Lipinski definition) is 2. The Bertz CT molecular complexity index is 816. The summed E-state index contributed by atoms with van der Waals surface area (Å²) < 4.78 is 26.3. The normalized spacial score (nSPS) is 21.7. The van der Waals surface area contributed by atoms with E-state index in [2.05, 4.69) is 19.2 Å². The van der Waals surface area contributed by atoms with E-state index < -0.39 is 15.4 Å². The highest BCUT2D eigenvalue weighted by Crippen LogP contribution is 2.37. The summed E-state index contributed by atoms with van der Waals surface area (Å²) in [6.45, 7) is 6.12. The number of nitrogens with one attached hydrogen (secondary N) is 1. The molecule has 4 nitrogen and oxygen atoms in total. The maximum atomic E-state index is 13.2. The largest absolute Gasteiger partial charge is 0.508 e. The third-order valence-corrected chi connectivity index (χ3v) is 6.84. The van der Waals surface area contributed by atoms with Crippen LogP contribution in [0.25, 0.3) is 0 Å². The fourth-order valence-electron chi connectivity index (χ4n) is 3.88. The third-order valence-electron chi connectivity index (χ3n) is 4.88. The van der Waals surface area contributed by atoms with Crippen LogP contribution in [0, 0.1) is 0 Å². The second-order valence-electron chi connectivity index (χ2n) is 7.18. The number of sulfone groups is 1. The molecule has 0 aromatic heterocycles. The average Bonchev–Trinajstić information content (AvgIpc) is 2.68. The lowest BCUT2D eigenvalue weighted by atomic mass is 9.88. The molecule has 1 atom stereocenters. The number of rotatable bonds is 7. The lowest BCUT2D eigenvalue weighted by Gasteiger charge is -2.35. The highest BCUT2D eigenvalue weighted by molar-refractivity contribution is 7.91. The van der Waals surface area contributed by atoms with Crippen LogP contribution in [0.2, 0.25) is 0 Å². The van der Waals surface area contributed by atoms with E-state index in [-0.39, 0.29) is 22.4 Å². The number of phenols is 1. The molecule has 1 aliphatic rings. The quantitative estimate of drug-likeness (QED) is 0.655. The molecule has 148 valence electrons. The summed E-state index contributed by atoms with van der Waals surface area (Å²) in [5, 5.41) is 13.5. The number of fused-ring (bicyclic) bond motifs is 1. The Hall–Kier alpha value is -1.85. The van der Waals surface area contributed by atoms with Gasteiger partial charge in [0.05, 0.1) is 16.7 Å². The Morgan fingerprint density at radius 2 is 1.81 bits per heavy atom. The molecule has 2 rings (SSSR count). The van der Waals surface area contributed by atoms with Gasteiger partial charge in [-0.2, -0.15) is 0 Å². The van der Waals surface area contributed by atoms with Crippen molar-refractivity contribution in [1.29, 1.82) is 0 Å². The van der Waals surface area contributed by atoms with E-state index in [1.807, 2.05) is 43.4 Å². The highest BCUT2D eigenvalue weighted by Gasteiger charge is 2.41. The first-order chi connectivity index (χ1) is 12.9. The maximum Gasteiger partial charge on any atom is 0.180 e. The molecule has 1 heterocycles. The summed E-state index contributed by atoms with van der Waals surface area (Å²) in [6.07, 6.45) is 15.1. The minimum Gasteiger partial charge on any atom is -0.508 e. The van der Waals surface area contributed by atoms with Crippen LogP contribution in [0.3, 0.4) is 0 Å². The molecule has 27 heavy (non-hydrogen) atoms. The summed E-state index contributed by atoms with van der Waals surface area (Å²) in [5.74, 6) is 0.0307. The predicted molar refractivity (Wildman–Crippen MR) is 112 cm³/mol. The Morgan fingerprint density at radius 1 is 1.15 bits per heavy atom. The highest BCUT2D eigenvalue weighted by atomic mass is 32.2. The first-order valence-corrected chi connectivity index (χ1v) is 11.3. The molecule has 0 bridgehead atoms. The van der Waals surface area contributed by atoms with Crippen LogP contribution < -0.4 is 5.32 Å². The Kier molecular flexibility index (Phi) is 7.45. The van der Waals surface area contributed by atoms with Crippen LogP contribution in [-0.4, -0.2) is 24.8 Å². The smallest absolute Gasteiger partial charge is 0.180 e. The van der Waals surface area contributed by atoms with E-state index in [9.17, 15) is 13.5 Å². The van der Waals surface area contributed by atoms with Crippen molar-refractivity contribution >= 4 is 9.84 Å². The van der Waals surface area contributed by atoms with Crippen molar-refractivity contribution in [1.82, 2.24) is 5.32 Å². The molecule has 0 saturated heterocycles. The zero-order valence-corrected chi connectivity index (χ0v) is 17.3. The lowest BCUT2D eigenvalue weighted by molar-refractivity contribution is 0.290. The average molecular weight is 390 g/mol. The van der Waals surface area contributed by atoms with E-state index in [1.54, 1.807) is 12.1 Å². The Labute approximate surface area is 163 Å². The van der Waals surface area contributed by atoms with Gasteiger partial charge in [0.2, 0.25) is 0 Å². The zero-order chi connectivity index (χ0) is 19.9. The van der Waals surface area contributed by atoms with Crippen molar-refractivity contribution in [3.05, 3.63) is 60.2 Å². The van der Waals surface area contributed by atoms with Crippen molar-refractivity contribution in [3.63, 3.8) is 0 Å². The second kappa shape index (κ2) is 9.38. The van der Waals surface area contributed by atoms with Gasteiger partial charge in [0.15, 0.2) is 9.84 Å². The molecule has 0 aliphatic carbocycles. The second-order valence-corrected chi connectivity index (χ2v) is 9.14. The first-order valence-electron chi connectivity index (χ1n) is 9.67.